The fourth-order valence-electron chi connectivity index (χ4n) is 4.73. The van der Waals surface area contributed by atoms with Gasteiger partial charge in [-0.1, -0.05) is 89.7 Å². The summed E-state index contributed by atoms with van der Waals surface area (Å²) >= 11 is 0. The van der Waals surface area contributed by atoms with E-state index in [9.17, 15) is 14.3 Å². The van der Waals surface area contributed by atoms with Gasteiger partial charge in [0.15, 0.2) is 0 Å². The van der Waals surface area contributed by atoms with E-state index in [-0.39, 0.29) is 31.3 Å². The zero-order valence-corrected chi connectivity index (χ0v) is 27.1. The van der Waals surface area contributed by atoms with Crippen molar-refractivity contribution in [2.24, 2.45) is 5.92 Å². The topological polar surface area (TPSA) is 84.9 Å². The van der Waals surface area contributed by atoms with Crippen molar-refractivity contribution < 1.29 is 32.5 Å². The normalized spacial score (nSPS) is 14.2. The Labute approximate surface area is 245 Å². The standard InChI is InChI=1S/C32H58NO6P/c1-6-7-8-9-10-11-12-13-14-15-16-17-24-37-32-21-19-30(20-22-32)27-31(26-29(2)34)28-39-40(35,36)38-25-18-23-33(3,4)5/h19-22,31H,6-18,23-28H2,1-5H3. The van der Waals surface area contributed by atoms with Crippen LogP contribution in [-0.4, -0.2) is 57.8 Å². The fraction of sp³-hybridized carbons (Fsp3) is 0.781. The number of Topliss-reactive ketones (excluding diaryl/α,β-unsaturated/α-hetero) is 1. The third-order valence-electron chi connectivity index (χ3n) is 6.98. The van der Waals surface area contributed by atoms with Gasteiger partial charge in [0, 0.05) is 12.8 Å². The number of carbonyl (C=O) groups is 1. The molecule has 0 aliphatic rings. The van der Waals surface area contributed by atoms with Crippen LogP contribution < -0.4 is 9.63 Å². The largest absolute Gasteiger partial charge is 0.756 e. The molecule has 0 N–H and O–H groups in total. The number of quaternary nitrogens is 1. The first kappa shape index (κ1) is 36.8. The summed E-state index contributed by atoms with van der Waals surface area (Å²) in [6.07, 6.45) is 17.3. The van der Waals surface area contributed by atoms with Crippen LogP contribution in [0.4, 0.5) is 0 Å². The quantitative estimate of drug-likeness (QED) is 0.0638. The van der Waals surface area contributed by atoms with Gasteiger partial charge in [-0.05, 0) is 43.4 Å². The molecule has 8 heteroatoms. The number of carbonyl (C=O) groups excluding carboxylic acids is 1. The number of nitrogens with zero attached hydrogens (tertiary/aromatic N) is 1. The molecule has 1 rings (SSSR count). The molecule has 0 heterocycles. The zero-order chi connectivity index (χ0) is 29.7. The second-order valence-electron chi connectivity index (χ2n) is 12.3. The Morgan fingerprint density at radius 2 is 1.38 bits per heavy atom. The number of benzene rings is 1. The summed E-state index contributed by atoms with van der Waals surface area (Å²) < 4.78 is 29.0. The van der Waals surface area contributed by atoms with E-state index in [0.717, 1.165) is 28.8 Å². The van der Waals surface area contributed by atoms with Crippen LogP contribution in [0.25, 0.3) is 0 Å². The highest BCUT2D eigenvalue weighted by Gasteiger charge is 2.18. The van der Waals surface area contributed by atoms with Crippen LogP contribution in [-0.2, 0) is 24.8 Å². The van der Waals surface area contributed by atoms with Crippen LogP contribution >= 0.6 is 7.82 Å². The molecule has 232 valence electrons. The molecular weight excluding hydrogens is 525 g/mol. The minimum absolute atomic E-state index is 0.000517. The van der Waals surface area contributed by atoms with E-state index in [1.807, 2.05) is 45.4 Å². The summed E-state index contributed by atoms with van der Waals surface area (Å²) in [7, 11) is 1.71. The van der Waals surface area contributed by atoms with Gasteiger partial charge >= 0.3 is 0 Å². The van der Waals surface area contributed by atoms with Gasteiger partial charge in [-0.2, -0.15) is 0 Å². The predicted octanol–water partition coefficient (Wildman–Crippen LogP) is 7.50. The van der Waals surface area contributed by atoms with Crippen LogP contribution in [0.15, 0.2) is 24.3 Å². The molecule has 0 spiro atoms. The van der Waals surface area contributed by atoms with Gasteiger partial charge in [-0.25, -0.2) is 0 Å². The van der Waals surface area contributed by atoms with Gasteiger partial charge in [-0.15, -0.1) is 0 Å². The highest BCUT2D eigenvalue weighted by Crippen LogP contribution is 2.39. The molecular formula is C32H58NO6P. The maximum Gasteiger partial charge on any atom is 0.267 e. The molecule has 1 aromatic rings. The molecule has 1 aromatic carbocycles. The molecule has 0 saturated heterocycles. The van der Waals surface area contributed by atoms with Crippen LogP contribution in [0, 0.1) is 5.92 Å². The molecule has 0 radical (unpaired) electrons. The van der Waals surface area contributed by atoms with Crippen molar-refractivity contribution in [2.45, 2.75) is 110 Å². The van der Waals surface area contributed by atoms with Gasteiger partial charge in [-0.3, -0.25) is 4.57 Å². The zero-order valence-electron chi connectivity index (χ0n) is 26.2. The molecule has 0 aliphatic carbocycles. The Morgan fingerprint density at radius 1 is 0.825 bits per heavy atom. The lowest BCUT2D eigenvalue weighted by Crippen LogP contribution is -2.35. The van der Waals surface area contributed by atoms with Gasteiger partial charge in [0.2, 0.25) is 0 Å². The SMILES string of the molecule is CCCCCCCCCCCCCCOc1ccc(CC(COP(=O)([O-])OCCC[N+](C)(C)C)CC(C)=O)cc1. The van der Waals surface area contributed by atoms with E-state index >= 15 is 0 Å². The van der Waals surface area contributed by atoms with Crippen molar-refractivity contribution >= 4 is 13.6 Å². The number of phosphoric ester groups is 1. The Balaban J connectivity index is 2.28. The summed E-state index contributed by atoms with van der Waals surface area (Å²) in [6.45, 7) is 5.30. The Kier molecular flexibility index (Phi) is 19.7. The second-order valence-corrected chi connectivity index (χ2v) is 13.7. The maximum atomic E-state index is 12.2. The van der Waals surface area contributed by atoms with Crippen molar-refractivity contribution in [3.63, 3.8) is 0 Å². The fourth-order valence-corrected chi connectivity index (χ4v) is 5.55. The number of ketones is 1. The summed E-state index contributed by atoms with van der Waals surface area (Å²) in [4.78, 5) is 24.0. The maximum absolute atomic E-state index is 12.2. The first-order valence-electron chi connectivity index (χ1n) is 15.6. The summed E-state index contributed by atoms with van der Waals surface area (Å²) in [5.41, 5.74) is 1.01. The Morgan fingerprint density at radius 3 is 1.90 bits per heavy atom. The van der Waals surface area contributed by atoms with Crippen LogP contribution in [0.5, 0.6) is 5.75 Å². The van der Waals surface area contributed by atoms with Crippen molar-refractivity contribution in [3.05, 3.63) is 29.8 Å². The number of hydrogen-bond donors (Lipinski definition) is 0. The minimum Gasteiger partial charge on any atom is -0.756 e. The van der Waals surface area contributed by atoms with Crippen molar-refractivity contribution in [1.29, 1.82) is 0 Å². The number of rotatable bonds is 26. The monoisotopic (exact) mass is 583 g/mol. The lowest BCUT2D eigenvalue weighted by atomic mass is 9.95. The van der Waals surface area contributed by atoms with Crippen molar-refractivity contribution in [3.8, 4) is 5.75 Å². The predicted molar refractivity (Wildman–Crippen MR) is 163 cm³/mol. The number of phosphoric acid groups is 1. The summed E-state index contributed by atoms with van der Waals surface area (Å²) in [5, 5.41) is 0. The molecule has 0 saturated carbocycles. The van der Waals surface area contributed by atoms with Crippen molar-refractivity contribution in [1.82, 2.24) is 0 Å². The van der Waals surface area contributed by atoms with E-state index in [1.54, 1.807) is 0 Å². The van der Waals surface area contributed by atoms with Gasteiger partial charge in [0.05, 0.1) is 47.5 Å². The van der Waals surface area contributed by atoms with E-state index in [1.165, 1.54) is 77.6 Å². The molecule has 40 heavy (non-hydrogen) atoms. The third-order valence-corrected chi connectivity index (χ3v) is 7.95. The molecule has 0 fully saturated rings. The van der Waals surface area contributed by atoms with E-state index in [2.05, 4.69) is 6.92 Å². The van der Waals surface area contributed by atoms with Gasteiger partial charge in [0.25, 0.3) is 7.82 Å². The summed E-state index contributed by atoms with van der Waals surface area (Å²) in [6, 6.07) is 7.83. The lowest BCUT2D eigenvalue weighted by Gasteiger charge is -2.27. The van der Waals surface area contributed by atoms with Crippen molar-refractivity contribution in [2.75, 3.05) is 47.5 Å². The van der Waals surface area contributed by atoms with Crippen LogP contribution in [0.1, 0.15) is 109 Å². The minimum atomic E-state index is -4.41. The van der Waals surface area contributed by atoms with Gasteiger partial charge in [0.1, 0.15) is 11.5 Å². The molecule has 0 amide bonds. The number of unbranched alkanes of at least 4 members (excludes halogenated alkanes) is 11. The second kappa shape index (κ2) is 21.5. The summed E-state index contributed by atoms with van der Waals surface area (Å²) in [5.74, 6) is 0.584. The lowest BCUT2D eigenvalue weighted by molar-refractivity contribution is -0.870. The smallest absolute Gasteiger partial charge is 0.267 e. The average Bonchev–Trinajstić information content (AvgIpc) is 2.88. The molecule has 0 bridgehead atoms. The van der Waals surface area contributed by atoms with Crippen LogP contribution in [0.2, 0.25) is 0 Å². The molecule has 0 aliphatic heterocycles. The van der Waals surface area contributed by atoms with E-state index in [0.29, 0.717) is 19.4 Å². The first-order valence-corrected chi connectivity index (χ1v) is 17.1. The van der Waals surface area contributed by atoms with E-state index < -0.39 is 7.82 Å². The van der Waals surface area contributed by atoms with Crippen LogP contribution in [0.3, 0.4) is 0 Å². The Bertz CT molecular complexity index is 824. The Hall–Kier alpha value is -1.24. The number of ether oxygens (including phenoxy) is 1. The van der Waals surface area contributed by atoms with Gasteiger partial charge < -0.3 is 28.0 Å². The van der Waals surface area contributed by atoms with E-state index in [4.69, 9.17) is 13.8 Å². The first-order chi connectivity index (χ1) is 19.0. The molecule has 2 atom stereocenters. The highest BCUT2D eigenvalue weighted by molar-refractivity contribution is 7.45. The molecule has 2 unspecified atom stereocenters. The molecule has 0 aromatic heterocycles. The third kappa shape index (κ3) is 21.5. The highest BCUT2D eigenvalue weighted by atomic mass is 31.2. The number of hydrogen-bond acceptors (Lipinski definition) is 6. The average molecular weight is 584 g/mol. The molecule has 7 nitrogen and oxygen atoms in total.